The van der Waals surface area contributed by atoms with Crippen molar-refractivity contribution in [1.29, 1.82) is 0 Å². The maximum atomic E-state index is 10.8. The molecule has 0 aromatic carbocycles. The van der Waals surface area contributed by atoms with Crippen LogP contribution in [0.5, 0.6) is 0 Å². The molecule has 0 aromatic rings. The van der Waals surface area contributed by atoms with E-state index in [0.29, 0.717) is 6.42 Å². The molecule has 15 heavy (non-hydrogen) atoms. The predicted octanol–water partition coefficient (Wildman–Crippen LogP) is 0.556. The molecule has 0 spiro atoms. The summed E-state index contributed by atoms with van der Waals surface area (Å²) in [5.74, 6) is -0.428. The van der Waals surface area contributed by atoms with Gasteiger partial charge in [-0.15, -0.1) is 0 Å². The Kier molecular flexibility index (Phi) is 7.35. The fourth-order valence-corrected chi connectivity index (χ4v) is 0.675. The van der Waals surface area contributed by atoms with Gasteiger partial charge in [0.15, 0.2) is 0 Å². The molecule has 0 saturated heterocycles. The molecule has 1 amide bonds. The molecule has 0 saturated carbocycles. The zero-order valence-electron chi connectivity index (χ0n) is 8.69. The van der Waals surface area contributed by atoms with Gasteiger partial charge < -0.3 is 14.6 Å². The summed E-state index contributed by atoms with van der Waals surface area (Å²) in [7, 11) is 0. The molecule has 1 radical (unpaired) electrons. The number of aliphatic hydroxyl groups excluding tert-OH is 1. The Morgan fingerprint density at radius 3 is 2.67 bits per heavy atom. The number of amides is 1. The normalized spacial score (nSPS) is 11.7. The van der Waals surface area contributed by atoms with E-state index in [1.807, 2.05) is 6.92 Å². The lowest BCUT2D eigenvalue weighted by Crippen LogP contribution is -2.35. The molecule has 0 rings (SSSR count). The van der Waals surface area contributed by atoms with E-state index in [0.717, 1.165) is 0 Å². The second kappa shape index (κ2) is 8.05. The molecule has 0 aromatic heterocycles. The predicted molar refractivity (Wildman–Crippen MR) is 51.5 cm³/mol. The van der Waals surface area contributed by atoms with Crippen molar-refractivity contribution in [1.82, 2.24) is 5.32 Å². The summed E-state index contributed by atoms with van der Waals surface area (Å²) in [6, 6.07) is 0. The molecule has 0 bridgehead atoms. The Morgan fingerprint density at radius 1 is 1.47 bits per heavy atom. The van der Waals surface area contributed by atoms with Gasteiger partial charge in [-0.3, -0.25) is 10.1 Å². The van der Waals surface area contributed by atoms with Crippen molar-refractivity contribution in [2.24, 2.45) is 0 Å². The summed E-state index contributed by atoms with van der Waals surface area (Å²) >= 11 is 0. The largest absolute Gasteiger partial charge is 0.428 e. The minimum atomic E-state index is -1.05. The van der Waals surface area contributed by atoms with Crippen LogP contribution >= 0.6 is 0 Å². The monoisotopic (exact) mass is 218 g/mol. The lowest BCUT2D eigenvalue weighted by molar-refractivity contribution is -0.151. The Balaban J connectivity index is 3.50. The first-order valence-electron chi connectivity index (χ1n) is 4.66. The van der Waals surface area contributed by atoms with E-state index < -0.39 is 25.1 Å². The number of aliphatic hydroxyl groups is 1. The molecule has 0 fully saturated rings. The van der Waals surface area contributed by atoms with Gasteiger partial charge in [-0.05, 0) is 19.8 Å². The molecule has 1 atom stereocenters. The lowest BCUT2D eigenvalue weighted by atomic mass is 10.3. The van der Waals surface area contributed by atoms with E-state index in [-0.39, 0.29) is 12.8 Å². The first-order chi connectivity index (χ1) is 7.10. The topological polar surface area (TPSA) is 84.9 Å². The maximum absolute atomic E-state index is 10.8. The third-order valence-electron chi connectivity index (χ3n) is 1.42. The fourth-order valence-electron chi connectivity index (χ4n) is 0.675. The van der Waals surface area contributed by atoms with E-state index in [9.17, 15) is 9.59 Å². The van der Waals surface area contributed by atoms with Gasteiger partial charge in [0, 0.05) is 6.42 Å². The van der Waals surface area contributed by atoms with Crippen LogP contribution in [0, 0.1) is 6.92 Å². The minimum Gasteiger partial charge on any atom is -0.428 e. The van der Waals surface area contributed by atoms with Gasteiger partial charge in [-0.25, -0.2) is 4.79 Å². The quantitative estimate of drug-likeness (QED) is 0.502. The van der Waals surface area contributed by atoms with Gasteiger partial charge in [0.05, 0.1) is 0 Å². The van der Waals surface area contributed by atoms with Gasteiger partial charge in [0.1, 0.15) is 6.23 Å². The number of hydrogen-bond acceptors (Lipinski definition) is 5. The molecule has 6 heteroatoms. The van der Waals surface area contributed by atoms with Crippen molar-refractivity contribution >= 4 is 12.1 Å². The standard InChI is InChI=1S/C9H16NO5/c1-3-5-8(12)14-6-15-9(13)10-7(11)4-2/h7,11H,2-6H2,1H3,(H,10,13). The average molecular weight is 218 g/mol. The molecule has 6 nitrogen and oxygen atoms in total. The number of rotatable bonds is 6. The van der Waals surface area contributed by atoms with Crippen LogP contribution in [-0.4, -0.2) is 30.2 Å². The number of alkyl carbamates (subject to hydrolysis) is 1. The smallest absolute Gasteiger partial charge is 0.412 e. The van der Waals surface area contributed by atoms with E-state index in [4.69, 9.17) is 5.11 Å². The fraction of sp³-hybridized carbons (Fsp3) is 0.667. The van der Waals surface area contributed by atoms with Gasteiger partial charge >= 0.3 is 12.1 Å². The summed E-state index contributed by atoms with van der Waals surface area (Å²) in [5, 5.41) is 11.0. The second-order valence-electron chi connectivity index (χ2n) is 2.76. The molecule has 2 N–H and O–H groups in total. The Labute approximate surface area is 88.6 Å². The van der Waals surface area contributed by atoms with E-state index in [2.05, 4.69) is 21.7 Å². The van der Waals surface area contributed by atoms with Crippen LogP contribution in [0.2, 0.25) is 0 Å². The van der Waals surface area contributed by atoms with Crippen molar-refractivity contribution in [2.75, 3.05) is 6.79 Å². The van der Waals surface area contributed by atoms with Gasteiger partial charge in [0.2, 0.25) is 6.79 Å². The van der Waals surface area contributed by atoms with Crippen LogP contribution in [0.3, 0.4) is 0 Å². The van der Waals surface area contributed by atoms with Crippen molar-refractivity contribution in [3.63, 3.8) is 0 Å². The van der Waals surface area contributed by atoms with Crippen LogP contribution in [-0.2, 0) is 14.3 Å². The summed E-state index contributed by atoms with van der Waals surface area (Å²) in [5.41, 5.74) is 0. The van der Waals surface area contributed by atoms with Crippen LogP contribution in [0.25, 0.3) is 0 Å². The lowest BCUT2D eigenvalue weighted by Gasteiger charge is -2.10. The highest BCUT2D eigenvalue weighted by atomic mass is 16.7. The summed E-state index contributed by atoms with van der Waals surface area (Å²) < 4.78 is 9.00. The third-order valence-corrected chi connectivity index (χ3v) is 1.42. The van der Waals surface area contributed by atoms with Gasteiger partial charge in [-0.2, -0.15) is 0 Å². The van der Waals surface area contributed by atoms with Crippen molar-refractivity contribution in [3.05, 3.63) is 6.92 Å². The highest BCUT2D eigenvalue weighted by Crippen LogP contribution is 1.92. The van der Waals surface area contributed by atoms with Gasteiger partial charge in [-0.1, -0.05) is 6.92 Å². The van der Waals surface area contributed by atoms with E-state index >= 15 is 0 Å². The SMILES string of the molecule is [CH2]CC(O)NC(=O)OCOC(=O)CCC. The number of carbonyl (C=O) groups excluding carboxylic acids is 2. The summed E-state index contributed by atoms with van der Waals surface area (Å²) in [6.07, 6.45) is -0.818. The molecule has 0 aliphatic heterocycles. The second-order valence-corrected chi connectivity index (χ2v) is 2.76. The summed E-state index contributed by atoms with van der Waals surface area (Å²) in [4.78, 5) is 21.6. The molecule has 1 unspecified atom stereocenters. The van der Waals surface area contributed by atoms with Gasteiger partial charge in [0.25, 0.3) is 0 Å². The van der Waals surface area contributed by atoms with Crippen molar-refractivity contribution < 1.29 is 24.2 Å². The van der Waals surface area contributed by atoms with Crippen LogP contribution in [0.15, 0.2) is 0 Å². The molecular weight excluding hydrogens is 202 g/mol. The highest BCUT2D eigenvalue weighted by Gasteiger charge is 2.08. The molecule has 0 heterocycles. The highest BCUT2D eigenvalue weighted by molar-refractivity contribution is 5.70. The third kappa shape index (κ3) is 7.75. The number of ether oxygens (including phenoxy) is 2. The molecular formula is C9H16NO5. The van der Waals surface area contributed by atoms with Crippen LogP contribution < -0.4 is 5.32 Å². The zero-order valence-corrected chi connectivity index (χ0v) is 8.69. The number of carbonyl (C=O) groups is 2. The van der Waals surface area contributed by atoms with E-state index in [1.165, 1.54) is 0 Å². The van der Waals surface area contributed by atoms with E-state index in [1.54, 1.807) is 0 Å². The van der Waals surface area contributed by atoms with Crippen LogP contribution in [0.1, 0.15) is 26.2 Å². The average Bonchev–Trinajstić information content (AvgIpc) is 2.18. The summed E-state index contributed by atoms with van der Waals surface area (Å²) in [6.45, 7) is 4.75. The Morgan fingerprint density at radius 2 is 2.13 bits per heavy atom. The number of esters is 1. The first kappa shape index (κ1) is 13.7. The number of hydrogen-bond donors (Lipinski definition) is 2. The Bertz CT molecular complexity index is 207. The molecule has 0 aliphatic carbocycles. The van der Waals surface area contributed by atoms with Crippen molar-refractivity contribution in [3.8, 4) is 0 Å². The van der Waals surface area contributed by atoms with Crippen LogP contribution in [0.4, 0.5) is 4.79 Å². The number of nitrogens with one attached hydrogen (secondary N) is 1. The first-order valence-corrected chi connectivity index (χ1v) is 4.66. The zero-order chi connectivity index (χ0) is 11.7. The minimum absolute atomic E-state index is 0.130. The van der Waals surface area contributed by atoms with Crippen molar-refractivity contribution in [2.45, 2.75) is 32.4 Å². The Hall–Kier alpha value is -1.30. The molecule has 87 valence electrons. The maximum Gasteiger partial charge on any atom is 0.412 e. The molecule has 0 aliphatic rings.